The molecule has 2 aromatic rings. The summed E-state index contributed by atoms with van der Waals surface area (Å²) in [6, 6.07) is 9.50. The number of hydrogen-bond acceptors (Lipinski definition) is 4. The Morgan fingerprint density at radius 3 is 2.90 bits per heavy atom. The number of rotatable bonds is 0. The van der Waals surface area contributed by atoms with Crippen LogP contribution in [0.5, 0.6) is 0 Å². The SMILES string of the molecule is O=C1CC2c3ccccc3C(=O)N2CSc2ccsc21. The second-order valence-corrected chi connectivity index (χ2v) is 6.80. The zero-order valence-corrected chi connectivity index (χ0v) is 12.2. The Labute approximate surface area is 124 Å². The van der Waals surface area contributed by atoms with Crippen molar-refractivity contribution in [1.82, 2.24) is 4.90 Å². The van der Waals surface area contributed by atoms with Crippen LogP contribution in [-0.2, 0) is 0 Å². The maximum absolute atomic E-state index is 12.5. The largest absolute Gasteiger partial charge is 0.322 e. The van der Waals surface area contributed by atoms with Gasteiger partial charge in [-0.3, -0.25) is 9.59 Å². The van der Waals surface area contributed by atoms with Crippen molar-refractivity contribution < 1.29 is 9.59 Å². The Bertz CT molecular complexity index is 722. The van der Waals surface area contributed by atoms with Gasteiger partial charge in [-0.2, -0.15) is 0 Å². The molecule has 0 saturated carbocycles. The highest BCUT2D eigenvalue weighted by Gasteiger charge is 2.39. The highest BCUT2D eigenvalue weighted by atomic mass is 32.2. The zero-order chi connectivity index (χ0) is 13.7. The van der Waals surface area contributed by atoms with Crippen molar-refractivity contribution in [3.8, 4) is 0 Å². The summed E-state index contributed by atoms with van der Waals surface area (Å²) >= 11 is 3.08. The molecule has 1 aromatic heterocycles. The number of ketones is 1. The minimum atomic E-state index is -0.103. The van der Waals surface area contributed by atoms with Crippen LogP contribution in [0.1, 0.15) is 38.1 Å². The fraction of sp³-hybridized carbons (Fsp3) is 0.200. The molecule has 0 spiro atoms. The minimum Gasteiger partial charge on any atom is -0.322 e. The molecule has 5 heteroatoms. The van der Waals surface area contributed by atoms with Gasteiger partial charge in [0.25, 0.3) is 5.91 Å². The van der Waals surface area contributed by atoms with Crippen LogP contribution < -0.4 is 0 Å². The van der Waals surface area contributed by atoms with E-state index in [1.54, 1.807) is 11.8 Å². The Kier molecular flexibility index (Phi) is 2.72. The highest BCUT2D eigenvalue weighted by Crippen LogP contribution is 2.42. The Hall–Kier alpha value is -1.59. The number of benzene rings is 1. The number of amides is 1. The monoisotopic (exact) mass is 301 g/mol. The van der Waals surface area contributed by atoms with Crippen LogP contribution in [0.2, 0.25) is 0 Å². The average molecular weight is 301 g/mol. The smallest absolute Gasteiger partial charge is 0.255 e. The number of nitrogens with zero attached hydrogens (tertiary/aromatic N) is 1. The van der Waals surface area contributed by atoms with Gasteiger partial charge in [0.1, 0.15) is 0 Å². The van der Waals surface area contributed by atoms with Crippen LogP contribution in [0.3, 0.4) is 0 Å². The van der Waals surface area contributed by atoms with E-state index < -0.39 is 0 Å². The molecule has 0 saturated heterocycles. The highest BCUT2D eigenvalue weighted by molar-refractivity contribution is 7.99. The third kappa shape index (κ3) is 1.66. The first-order valence-corrected chi connectivity index (χ1v) is 8.25. The lowest BCUT2D eigenvalue weighted by atomic mass is 10.00. The van der Waals surface area contributed by atoms with Crippen molar-refractivity contribution in [2.45, 2.75) is 17.4 Å². The summed E-state index contributed by atoms with van der Waals surface area (Å²) in [7, 11) is 0. The molecule has 0 N–H and O–H groups in total. The van der Waals surface area contributed by atoms with Crippen LogP contribution in [-0.4, -0.2) is 22.5 Å². The second kappa shape index (κ2) is 4.46. The van der Waals surface area contributed by atoms with E-state index in [4.69, 9.17) is 0 Å². The van der Waals surface area contributed by atoms with Gasteiger partial charge >= 0.3 is 0 Å². The lowest BCUT2D eigenvalue weighted by Crippen LogP contribution is -2.30. The minimum absolute atomic E-state index is 0.0459. The molecule has 1 unspecified atom stereocenters. The number of thiophene rings is 1. The fourth-order valence-corrected chi connectivity index (χ4v) is 4.97. The molecule has 2 aliphatic heterocycles. The molecule has 3 nitrogen and oxygen atoms in total. The molecule has 0 bridgehead atoms. The summed E-state index contributed by atoms with van der Waals surface area (Å²) < 4.78 is 0. The van der Waals surface area contributed by atoms with E-state index in [-0.39, 0.29) is 17.7 Å². The molecule has 0 radical (unpaired) electrons. The van der Waals surface area contributed by atoms with Crippen LogP contribution in [0.4, 0.5) is 0 Å². The van der Waals surface area contributed by atoms with Crippen molar-refractivity contribution in [1.29, 1.82) is 0 Å². The number of fused-ring (bicyclic) bond motifs is 4. The van der Waals surface area contributed by atoms with Crippen LogP contribution >= 0.6 is 23.1 Å². The molecule has 2 aliphatic rings. The van der Waals surface area contributed by atoms with Crippen molar-refractivity contribution in [3.63, 3.8) is 0 Å². The van der Waals surface area contributed by atoms with E-state index in [2.05, 4.69) is 0 Å². The van der Waals surface area contributed by atoms with Crippen LogP contribution in [0, 0.1) is 0 Å². The van der Waals surface area contributed by atoms with Crippen molar-refractivity contribution in [3.05, 3.63) is 51.7 Å². The number of carbonyl (C=O) groups is 2. The van der Waals surface area contributed by atoms with Crippen LogP contribution in [0.25, 0.3) is 0 Å². The molecule has 100 valence electrons. The summed E-state index contributed by atoms with van der Waals surface area (Å²) in [6.07, 6.45) is 0.386. The Morgan fingerprint density at radius 1 is 1.15 bits per heavy atom. The lowest BCUT2D eigenvalue weighted by molar-refractivity contribution is 0.0739. The molecule has 3 heterocycles. The molecular weight excluding hydrogens is 290 g/mol. The predicted molar refractivity (Wildman–Crippen MR) is 79.3 cm³/mol. The first-order chi connectivity index (χ1) is 9.75. The first-order valence-electron chi connectivity index (χ1n) is 6.39. The van der Waals surface area contributed by atoms with E-state index in [9.17, 15) is 9.59 Å². The van der Waals surface area contributed by atoms with E-state index in [1.807, 2.05) is 40.6 Å². The number of thioether (sulfide) groups is 1. The summed E-state index contributed by atoms with van der Waals surface area (Å²) in [5.74, 6) is 0.793. The number of hydrogen-bond donors (Lipinski definition) is 0. The van der Waals surface area contributed by atoms with Gasteiger partial charge in [-0.05, 0) is 23.1 Å². The maximum Gasteiger partial charge on any atom is 0.255 e. The van der Waals surface area contributed by atoms with E-state index in [1.165, 1.54) is 11.3 Å². The molecule has 20 heavy (non-hydrogen) atoms. The molecule has 0 fully saturated rings. The summed E-state index contributed by atoms with van der Waals surface area (Å²) in [5.41, 5.74) is 1.74. The predicted octanol–water partition coefficient (Wildman–Crippen LogP) is 3.58. The molecule has 1 amide bonds. The lowest BCUT2D eigenvalue weighted by Gasteiger charge is -2.26. The van der Waals surface area contributed by atoms with E-state index in [0.29, 0.717) is 12.3 Å². The van der Waals surface area contributed by atoms with Gasteiger partial charge < -0.3 is 4.90 Å². The zero-order valence-electron chi connectivity index (χ0n) is 10.5. The quantitative estimate of drug-likeness (QED) is 0.746. The topological polar surface area (TPSA) is 37.4 Å². The normalized spacial score (nSPS) is 21.0. The van der Waals surface area contributed by atoms with Gasteiger partial charge in [0.2, 0.25) is 0 Å². The van der Waals surface area contributed by atoms with Gasteiger partial charge in [0, 0.05) is 16.9 Å². The first kappa shape index (κ1) is 12.2. The Balaban J connectivity index is 1.80. The second-order valence-electron chi connectivity index (χ2n) is 4.89. The van der Waals surface area contributed by atoms with Gasteiger partial charge in [-0.1, -0.05) is 18.2 Å². The summed E-state index contributed by atoms with van der Waals surface area (Å²) in [5, 5.41) is 1.95. The van der Waals surface area contributed by atoms with Gasteiger partial charge in [0.15, 0.2) is 5.78 Å². The fourth-order valence-electron chi connectivity index (χ4n) is 2.84. The van der Waals surface area contributed by atoms with E-state index >= 15 is 0 Å². The number of Topliss-reactive ketones (excluding diaryl/α,β-unsaturated/α-hetero) is 1. The molecule has 1 aromatic carbocycles. The maximum atomic E-state index is 12.5. The standard InChI is InChI=1S/C15H11NO2S2/c17-12-7-11-9-3-1-2-4-10(9)15(18)16(11)8-20-13-5-6-19-14(12)13/h1-6,11H,7-8H2. The third-order valence-corrected chi connectivity index (χ3v) is 5.95. The van der Waals surface area contributed by atoms with Crippen molar-refractivity contribution in [2.24, 2.45) is 0 Å². The van der Waals surface area contributed by atoms with Gasteiger partial charge in [0.05, 0.1) is 16.8 Å². The third-order valence-electron chi connectivity index (χ3n) is 3.81. The molecule has 1 atom stereocenters. The van der Waals surface area contributed by atoms with Gasteiger partial charge in [-0.15, -0.1) is 23.1 Å². The average Bonchev–Trinajstić information content (AvgIpc) is 3.00. The molecule has 0 aliphatic carbocycles. The Morgan fingerprint density at radius 2 is 2.00 bits per heavy atom. The van der Waals surface area contributed by atoms with Crippen molar-refractivity contribution >= 4 is 34.8 Å². The summed E-state index contributed by atoms with van der Waals surface area (Å²) in [6.45, 7) is 0. The van der Waals surface area contributed by atoms with Crippen molar-refractivity contribution in [2.75, 3.05) is 5.88 Å². The molecular formula is C15H11NO2S2. The number of carbonyl (C=O) groups excluding carboxylic acids is 2. The van der Waals surface area contributed by atoms with E-state index in [0.717, 1.165) is 20.9 Å². The van der Waals surface area contributed by atoms with Crippen LogP contribution in [0.15, 0.2) is 40.6 Å². The van der Waals surface area contributed by atoms with Gasteiger partial charge in [-0.25, -0.2) is 0 Å². The molecule has 4 rings (SSSR count). The summed E-state index contributed by atoms with van der Waals surface area (Å²) in [4.78, 5) is 28.6.